The number of halogens is 1. The predicted octanol–water partition coefficient (Wildman–Crippen LogP) is 6.16. The maximum atomic E-state index is 10.8. The predicted molar refractivity (Wildman–Crippen MR) is 110 cm³/mol. The summed E-state index contributed by atoms with van der Waals surface area (Å²) in [5, 5.41) is 0.680. The molecule has 0 unspecified atom stereocenters. The van der Waals surface area contributed by atoms with Gasteiger partial charge in [0.15, 0.2) is 5.16 Å². The van der Waals surface area contributed by atoms with Crippen molar-refractivity contribution >= 4 is 28.6 Å². The molecule has 0 aliphatic rings. The van der Waals surface area contributed by atoms with Crippen LogP contribution in [-0.4, -0.2) is 21.0 Å². The van der Waals surface area contributed by atoms with Crippen molar-refractivity contribution in [3.8, 4) is 22.5 Å². The number of benzene rings is 2. The van der Waals surface area contributed by atoms with Gasteiger partial charge in [0.05, 0.1) is 11.4 Å². The van der Waals surface area contributed by atoms with Gasteiger partial charge in [0.1, 0.15) is 0 Å². The average Bonchev–Trinajstić information content (AvgIpc) is 3.10. The first-order chi connectivity index (χ1) is 12.7. The number of nitrogens with one attached hydrogen (secondary N) is 1. The number of carbonyl (C=O) groups excluding carboxylic acids is 1. The number of rotatable bonds is 9. The van der Waals surface area contributed by atoms with Crippen LogP contribution in [0.15, 0.2) is 65.8 Å². The Labute approximate surface area is 163 Å². The maximum absolute atomic E-state index is 10.8. The zero-order valence-corrected chi connectivity index (χ0v) is 16.0. The van der Waals surface area contributed by atoms with Crippen molar-refractivity contribution in [3.63, 3.8) is 0 Å². The van der Waals surface area contributed by atoms with Gasteiger partial charge in [-0.15, -0.1) is 0 Å². The summed E-state index contributed by atoms with van der Waals surface area (Å²) in [5.41, 5.74) is 4.26. The lowest BCUT2D eigenvalue weighted by Gasteiger charge is -2.02. The number of aromatic amines is 1. The van der Waals surface area contributed by atoms with E-state index >= 15 is 0 Å². The van der Waals surface area contributed by atoms with Gasteiger partial charge >= 0.3 is 0 Å². The fourth-order valence-corrected chi connectivity index (χ4v) is 3.76. The van der Waals surface area contributed by atoms with Crippen LogP contribution in [0.25, 0.3) is 22.5 Å². The standard InChI is InChI=1S/C21H21ClN2OS/c22-18(25)14-8-3-9-15-26-21-23-19(16-10-4-1-5-11-16)20(24-21)17-12-6-2-7-13-17/h1-2,4-7,10-13H,3,8-9,14-15H2,(H,23,24). The van der Waals surface area contributed by atoms with E-state index in [9.17, 15) is 4.79 Å². The van der Waals surface area contributed by atoms with Crippen molar-refractivity contribution in [2.24, 2.45) is 0 Å². The van der Waals surface area contributed by atoms with Crippen LogP contribution in [0.3, 0.4) is 0 Å². The fourth-order valence-electron chi connectivity index (χ4n) is 2.75. The number of thioether (sulfide) groups is 1. The van der Waals surface area contributed by atoms with E-state index in [4.69, 9.17) is 16.6 Å². The van der Waals surface area contributed by atoms with Crippen molar-refractivity contribution in [3.05, 3.63) is 60.7 Å². The van der Waals surface area contributed by atoms with Gasteiger partial charge in [0.25, 0.3) is 0 Å². The molecule has 0 aliphatic heterocycles. The molecule has 3 nitrogen and oxygen atoms in total. The molecule has 5 heteroatoms. The first-order valence-corrected chi connectivity index (χ1v) is 10.1. The number of imidazole rings is 1. The Morgan fingerprint density at radius 1 is 0.923 bits per heavy atom. The highest BCUT2D eigenvalue weighted by atomic mass is 35.5. The van der Waals surface area contributed by atoms with Gasteiger partial charge in [0.2, 0.25) is 5.24 Å². The van der Waals surface area contributed by atoms with E-state index in [-0.39, 0.29) is 5.24 Å². The Morgan fingerprint density at radius 3 is 2.23 bits per heavy atom. The Morgan fingerprint density at radius 2 is 1.58 bits per heavy atom. The van der Waals surface area contributed by atoms with Crippen LogP contribution < -0.4 is 0 Å². The van der Waals surface area contributed by atoms with E-state index < -0.39 is 0 Å². The molecule has 134 valence electrons. The lowest BCUT2D eigenvalue weighted by Crippen LogP contribution is -1.88. The SMILES string of the molecule is O=C(Cl)CCCCCSc1nc(-c2ccccc2)c(-c2ccccc2)[nH]1. The van der Waals surface area contributed by atoms with Gasteiger partial charge in [-0.1, -0.05) is 78.8 Å². The maximum Gasteiger partial charge on any atom is 0.221 e. The highest BCUT2D eigenvalue weighted by molar-refractivity contribution is 7.99. The summed E-state index contributed by atoms with van der Waals surface area (Å²) in [5.74, 6) is 0.965. The van der Waals surface area contributed by atoms with Crippen LogP contribution in [0.5, 0.6) is 0 Å². The van der Waals surface area contributed by atoms with Crippen LogP contribution in [0.4, 0.5) is 0 Å². The molecule has 0 amide bonds. The number of H-pyrrole nitrogens is 1. The number of nitrogens with zero attached hydrogens (tertiary/aromatic N) is 1. The minimum absolute atomic E-state index is 0.247. The lowest BCUT2D eigenvalue weighted by molar-refractivity contribution is -0.111. The number of unbranched alkanes of at least 4 members (excludes halogenated alkanes) is 2. The van der Waals surface area contributed by atoms with Gasteiger partial charge < -0.3 is 4.98 Å². The molecule has 0 bridgehead atoms. The number of aromatic nitrogens is 2. The summed E-state index contributed by atoms with van der Waals surface area (Å²) in [4.78, 5) is 19.1. The van der Waals surface area contributed by atoms with Crippen molar-refractivity contribution in [1.29, 1.82) is 0 Å². The topological polar surface area (TPSA) is 45.8 Å². The Kier molecular flexibility index (Phi) is 6.92. The number of carbonyl (C=O) groups is 1. The minimum atomic E-state index is -0.247. The second-order valence-corrected chi connectivity index (χ2v) is 7.52. The zero-order valence-electron chi connectivity index (χ0n) is 14.5. The smallest absolute Gasteiger partial charge is 0.221 e. The van der Waals surface area contributed by atoms with Crippen molar-refractivity contribution in [1.82, 2.24) is 9.97 Å². The van der Waals surface area contributed by atoms with Gasteiger partial charge in [-0.25, -0.2) is 4.98 Å². The van der Waals surface area contributed by atoms with Crippen molar-refractivity contribution in [2.45, 2.75) is 30.8 Å². The van der Waals surface area contributed by atoms with E-state index in [0.29, 0.717) is 6.42 Å². The second kappa shape index (κ2) is 9.60. The molecule has 0 radical (unpaired) electrons. The van der Waals surface area contributed by atoms with Crippen LogP contribution in [0.1, 0.15) is 25.7 Å². The number of hydrogen-bond acceptors (Lipinski definition) is 3. The summed E-state index contributed by atoms with van der Waals surface area (Å²) in [6, 6.07) is 20.5. The molecule has 0 saturated carbocycles. The molecule has 1 heterocycles. The molecule has 2 aromatic carbocycles. The summed E-state index contributed by atoms with van der Waals surface area (Å²) in [7, 11) is 0. The molecule has 26 heavy (non-hydrogen) atoms. The molecule has 3 aromatic rings. The Bertz CT molecular complexity index is 777. The highest BCUT2D eigenvalue weighted by Crippen LogP contribution is 2.32. The monoisotopic (exact) mass is 384 g/mol. The van der Waals surface area contributed by atoms with Crippen molar-refractivity contribution in [2.75, 3.05) is 5.75 Å². The molecule has 0 aliphatic carbocycles. The lowest BCUT2D eigenvalue weighted by atomic mass is 10.1. The van der Waals surface area contributed by atoms with Crippen LogP contribution >= 0.6 is 23.4 Å². The minimum Gasteiger partial charge on any atom is -0.332 e. The molecular weight excluding hydrogens is 364 g/mol. The van der Waals surface area contributed by atoms with Gasteiger partial charge in [-0.3, -0.25) is 4.79 Å². The second-order valence-electron chi connectivity index (χ2n) is 6.01. The molecule has 1 N–H and O–H groups in total. The van der Waals surface area contributed by atoms with Crippen LogP contribution in [-0.2, 0) is 4.79 Å². The van der Waals surface area contributed by atoms with E-state index in [1.165, 1.54) is 0 Å². The van der Waals surface area contributed by atoms with Gasteiger partial charge in [-0.2, -0.15) is 0 Å². The molecule has 0 spiro atoms. The van der Waals surface area contributed by atoms with E-state index in [2.05, 4.69) is 29.2 Å². The molecular formula is C21H21ClN2OS. The third-order valence-corrected chi connectivity index (χ3v) is 5.20. The zero-order chi connectivity index (χ0) is 18.2. The molecule has 3 rings (SSSR count). The average molecular weight is 385 g/mol. The molecule has 0 atom stereocenters. The Balaban J connectivity index is 1.72. The molecule has 0 saturated heterocycles. The number of hydrogen-bond donors (Lipinski definition) is 1. The van der Waals surface area contributed by atoms with E-state index in [1.807, 2.05) is 36.4 Å². The highest BCUT2D eigenvalue weighted by Gasteiger charge is 2.14. The third kappa shape index (κ3) is 5.23. The van der Waals surface area contributed by atoms with E-state index in [0.717, 1.165) is 52.7 Å². The summed E-state index contributed by atoms with van der Waals surface area (Å²) in [6.07, 6.45) is 3.36. The largest absolute Gasteiger partial charge is 0.332 e. The fraction of sp³-hybridized carbons (Fsp3) is 0.238. The molecule has 0 fully saturated rings. The first kappa shape index (κ1) is 18.7. The summed E-state index contributed by atoms with van der Waals surface area (Å²) < 4.78 is 0. The summed E-state index contributed by atoms with van der Waals surface area (Å²) in [6.45, 7) is 0. The summed E-state index contributed by atoms with van der Waals surface area (Å²) >= 11 is 7.08. The van der Waals surface area contributed by atoms with Gasteiger partial charge in [0, 0.05) is 23.3 Å². The van der Waals surface area contributed by atoms with Crippen molar-refractivity contribution < 1.29 is 4.79 Å². The Hall–Kier alpha value is -2.04. The van der Waals surface area contributed by atoms with Crippen LogP contribution in [0.2, 0.25) is 0 Å². The first-order valence-electron chi connectivity index (χ1n) is 8.76. The normalized spacial score (nSPS) is 10.8. The van der Waals surface area contributed by atoms with Gasteiger partial charge in [-0.05, 0) is 24.4 Å². The quantitative estimate of drug-likeness (QED) is 0.273. The molecule has 1 aromatic heterocycles. The third-order valence-electron chi connectivity index (χ3n) is 4.05. The van der Waals surface area contributed by atoms with Crippen LogP contribution in [0, 0.1) is 0 Å². The van der Waals surface area contributed by atoms with E-state index in [1.54, 1.807) is 11.8 Å².